The molecule has 0 amide bonds. The van der Waals surface area contributed by atoms with E-state index in [1.165, 1.54) is 24.3 Å². The second-order valence-electron chi connectivity index (χ2n) is 3.77. The van der Waals surface area contributed by atoms with Crippen molar-refractivity contribution in [3.8, 4) is 0 Å². The van der Waals surface area contributed by atoms with Gasteiger partial charge in [0.2, 0.25) is 0 Å². The van der Waals surface area contributed by atoms with Gasteiger partial charge in [0.25, 0.3) is 10.0 Å². The summed E-state index contributed by atoms with van der Waals surface area (Å²) in [6.07, 6.45) is 0. The number of anilines is 2. The highest BCUT2D eigenvalue weighted by molar-refractivity contribution is 7.92. The Balaban J connectivity index is 2.41. The summed E-state index contributed by atoms with van der Waals surface area (Å²) in [4.78, 5) is -0.313. The number of nitrogens with one attached hydrogen (secondary N) is 1. The lowest BCUT2D eigenvalue weighted by Gasteiger charge is -2.10. The van der Waals surface area contributed by atoms with Gasteiger partial charge in [0, 0.05) is 5.02 Å². The third kappa shape index (κ3) is 2.97. The van der Waals surface area contributed by atoms with Gasteiger partial charge in [-0.15, -0.1) is 0 Å². The Hall–Kier alpha value is -1.79. The number of hydrogen-bond donors (Lipinski definition) is 2. The normalized spacial score (nSPS) is 11.3. The number of benzene rings is 2. The number of hydrogen-bond acceptors (Lipinski definition) is 3. The minimum absolute atomic E-state index is 0.274. The fourth-order valence-electron chi connectivity index (χ4n) is 1.51. The summed E-state index contributed by atoms with van der Waals surface area (Å²) in [7, 11) is -3.96. The first-order valence-electron chi connectivity index (χ1n) is 5.22. The highest BCUT2D eigenvalue weighted by atomic mass is 35.5. The summed E-state index contributed by atoms with van der Waals surface area (Å²) in [6.45, 7) is 0. The molecule has 0 radical (unpaired) electrons. The Labute approximate surface area is 115 Å². The minimum Gasteiger partial charge on any atom is -0.395 e. The van der Waals surface area contributed by atoms with Gasteiger partial charge < -0.3 is 5.73 Å². The van der Waals surface area contributed by atoms with Crippen LogP contribution >= 0.6 is 11.6 Å². The largest absolute Gasteiger partial charge is 0.395 e. The molecule has 3 N–H and O–H groups in total. The van der Waals surface area contributed by atoms with E-state index in [0.29, 0.717) is 5.02 Å². The van der Waals surface area contributed by atoms with E-state index in [9.17, 15) is 12.8 Å². The van der Waals surface area contributed by atoms with Crippen molar-refractivity contribution in [3.05, 3.63) is 53.3 Å². The number of para-hydroxylation sites is 1. The van der Waals surface area contributed by atoms with E-state index in [2.05, 4.69) is 4.72 Å². The molecule has 2 rings (SSSR count). The Kier molecular flexibility index (Phi) is 3.64. The van der Waals surface area contributed by atoms with Gasteiger partial charge in [0.15, 0.2) is 0 Å². The molecule has 0 heterocycles. The van der Waals surface area contributed by atoms with Gasteiger partial charge in [-0.1, -0.05) is 23.7 Å². The summed E-state index contributed by atoms with van der Waals surface area (Å²) in [5.41, 5.74) is 5.29. The molecular formula is C12H10ClFN2O2S. The molecule has 0 aliphatic carbocycles. The number of nitrogens with two attached hydrogens (primary N) is 1. The zero-order valence-electron chi connectivity index (χ0n) is 9.60. The van der Waals surface area contributed by atoms with Gasteiger partial charge in [-0.25, -0.2) is 12.8 Å². The zero-order chi connectivity index (χ0) is 14.0. The van der Waals surface area contributed by atoms with Gasteiger partial charge in [-0.05, 0) is 30.3 Å². The molecule has 0 unspecified atom stereocenters. The lowest BCUT2D eigenvalue weighted by molar-refractivity contribution is 0.597. The second-order valence-corrected chi connectivity index (χ2v) is 5.85. The molecule has 0 fully saturated rings. The summed E-state index contributed by atoms with van der Waals surface area (Å²) >= 11 is 5.76. The van der Waals surface area contributed by atoms with E-state index in [4.69, 9.17) is 17.3 Å². The maximum atomic E-state index is 13.3. The van der Waals surface area contributed by atoms with Gasteiger partial charge in [0.05, 0.1) is 11.4 Å². The van der Waals surface area contributed by atoms with Crippen LogP contribution in [0.2, 0.25) is 5.02 Å². The summed E-state index contributed by atoms with van der Waals surface area (Å²) < 4.78 is 39.7. The predicted octanol–water partition coefficient (Wildman–Crippen LogP) is 2.86. The molecule has 0 spiro atoms. The van der Waals surface area contributed by atoms with E-state index in [1.807, 2.05) is 0 Å². The van der Waals surface area contributed by atoms with Crippen molar-refractivity contribution < 1.29 is 12.8 Å². The Bertz CT molecular complexity index is 719. The number of rotatable bonds is 3. The van der Waals surface area contributed by atoms with Crippen LogP contribution in [0, 0.1) is 5.82 Å². The first-order valence-corrected chi connectivity index (χ1v) is 7.08. The van der Waals surface area contributed by atoms with Gasteiger partial charge >= 0.3 is 0 Å². The van der Waals surface area contributed by atoms with Crippen molar-refractivity contribution in [3.63, 3.8) is 0 Å². The van der Waals surface area contributed by atoms with Crippen LogP contribution in [0.3, 0.4) is 0 Å². The molecule has 0 aliphatic heterocycles. The molecule has 4 nitrogen and oxygen atoms in total. The summed E-state index contributed by atoms with van der Waals surface area (Å²) in [5.74, 6) is -0.783. The molecule has 0 saturated carbocycles. The fraction of sp³-hybridized carbons (Fsp3) is 0. The Morgan fingerprint density at radius 3 is 2.53 bits per heavy atom. The lowest BCUT2D eigenvalue weighted by Crippen LogP contribution is -2.15. The summed E-state index contributed by atoms with van der Waals surface area (Å²) in [6, 6.07) is 9.76. The molecular weight excluding hydrogens is 291 g/mol. The molecule has 2 aromatic rings. The van der Waals surface area contributed by atoms with Crippen molar-refractivity contribution in [2.75, 3.05) is 10.5 Å². The molecule has 0 aromatic heterocycles. The van der Waals surface area contributed by atoms with Gasteiger partial charge in [0.1, 0.15) is 10.7 Å². The molecule has 7 heteroatoms. The molecule has 100 valence electrons. The lowest BCUT2D eigenvalue weighted by atomic mass is 10.3. The first-order chi connectivity index (χ1) is 8.90. The van der Waals surface area contributed by atoms with E-state index < -0.39 is 21.5 Å². The quantitative estimate of drug-likeness (QED) is 0.856. The van der Waals surface area contributed by atoms with Crippen LogP contribution in [0.15, 0.2) is 47.4 Å². The van der Waals surface area contributed by atoms with Gasteiger partial charge in [-0.3, -0.25) is 4.72 Å². The van der Waals surface area contributed by atoms with E-state index in [-0.39, 0.29) is 10.6 Å². The van der Waals surface area contributed by atoms with Crippen molar-refractivity contribution in [2.24, 2.45) is 0 Å². The van der Waals surface area contributed by atoms with Crippen molar-refractivity contribution in [1.29, 1.82) is 0 Å². The first kappa shape index (κ1) is 13.6. The average Bonchev–Trinajstić information content (AvgIpc) is 2.32. The van der Waals surface area contributed by atoms with Crippen LogP contribution in [0.25, 0.3) is 0 Å². The highest BCUT2D eigenvalue weighted by Gasteiger charge is 2.19. The number of sulfonamides is 1. The molecule has 0 saturated heterocycles. The third-order valence-corrected chi connectivity index (χ3v) is 4.05. The van der Waals surface area contributed by atoms with Crippen LogP contribution in [-0.2, 0) is 10.0 Å². The fourth-order valence-corrected chi connectivity index (χ4v) is 2.90. The number of nitrogen functional groups attached to an aromatic ring is 1. The molecule has 19 heavy (non-hydrogen) atoms. The van der Waals surface area contributed by atoms with Crippen LogP contribution in [0.1, 0.15) is 0 Å². The number of halogens is 2. The Morgan fingerprint density at radius 2 is 1.84 bits per heavy atom. The predicted molar refractivity (Wildman–Crippen MR) is 73.1 cm³/mol. The molecule has 0 bridgehead atoms. The van der Waals surface area contributed by atoms with Crippen LogP contribution < -0.4 is 10.5 Å². The maximum absolute atomic E-state index is 13.3. The van der Waals surface area contributed by atoms with E-state index in [1.54, 1.807) is 12.1 Å². The Morgan fingerprint density at radius 1 is 1.16 bits per heavy atom. The minimum atomic E-state index is -3.96. The van der Waals surface area contributed by atoms with Gasteiger partial charge in [-0.2, -0.15) is 0 Å². The SMILES string of the molecule is Nc1c(F)cccc1S(=O)(=O)Nc1cccc(Cl)c1. The zero-order valence-corrected chi connectivity index (χ0v) is 11.2. The van der Waals surface area contributed by atoms with E-state index >= 15 is 0 Å². The van der Waals surface area contributed by atoms with Crippen molar-refractivity contribution in [2.45, 2.75) is 4.90 Å². The second kappa shape index (κ2) is 5.07. The smallest absolute Gasteiger partial charge is 0.264 e. The molecule has 0 aliphatic rings. The average molecular weight is 301 g/mol. The summed E-state index contributed by atoms with van der Waals surface area (Å²) in [5, 5.41) is 0.382. The van der Waals surface area contributed by atoms with E-state index in [0.717, 1.165) is 6.07 Å². The third-order valence-electron chi connectivity index (χ3n) is 2.38. The topological polar surface area (TPSA) is 72.2 Å². The van der Waals surface area contributed by atoms with Crippen LogP contribution in [-0.4, -0.2) is 8.42 Å². The molecule has 2 aromatic carbocycles. The van der Waals surface area contributed by atoms with Crippen molar-refractivity contribution in [1.82, 2.24) is 0 Å². The molecule has 0 atom stereocenters. The van der Waals surface area contributed by atoms with Crippen molar-refractivity contribution >= 4 is 33.0 Å². The standard InChI is InChI=1S/C12H10ClFN2O2S/c13-8-3-1-4-9(7-8)16-19(17,18)11-6-2-5-10(14)12(11)15/h1-7,16H,15H2. The van der Waals surface area contributed by atoms with Crippen LogP contribution in [0.5, 0.6) is 0 Å². The highest BCUT2D eigenvalue weighted by Crippen LogP contribution is 2.24. The monoisotopic (exact) mass is 300 g/mol. The van der Waals surface area contributed by atoms with Crippen LogP contribution in [0.4, 0.5) is 15.8 Å². The maximum Gasteiger partial charge on any atom is 0.264 e.